The number of aryl methyl sites for hydroxylation is 1. The van der Waals surface area contributed by atoms with E-state index < -0.39 is 10.5 Å². The van der Waals surface area contributed by atoms with Crippen LogP contribution in [0.4, 0.5) is 11.4 Å². The van der Waals surface area contributed by atoms with Crippen molar-refractivity contribution < 1.29 is 9.72 Å². The molecule has 0 atom stereocenters. The van der Waals surface area contributed by atoms with Crippen LogP contribution in [-0.4, -0.2) is 23.4 Å². The fraction of sp³-hybridized carbons (Fsp3) is 0.417. The number of nitrogens with one attached hydrogen (secondary N) is 2. The number of rotatable bonds is 4. The number of carbonyl (C=O) groups excluding carboxylic acids is 1. The van der Waals surface area contributed by atoms with Crippen molar-refractivity contribution in [1.82, 2.24) is 5.32 Å². The van der Waals surface area contributed by atoms with Crippen LogP contribution in [0, 0.1) is 17.0 Å². The van der Waals surface area contributed by atoms with E-state index in [1.54, 1.807) is 33.9 Å². The average Bonchev–Trinajstić information content (AvgIpc) is 2.31. The third-order valence-electron chi connectivity index (χ3n) is 2.92. The minimum atomic E-state index is -0.765. The van der Waals surface area contributed by atoms with E-state index in [9.17, 15) is 14.9 Å². The Balaban J connectivity index is 3.12. The molecule has 0 saturated heterocycles. The van der Waals surface area contributed by atoms with Crippen LogP contribution < -0.4 is 10.6 Å². The SMILES string of the molecule is CNC(C)(C)C(=O)Nc1cc([N+](=O)[O-])c(C)cc1Br. The molecular formula is C12H16BrN3O3. The van der Waals surface area contributed by atoms with Gasteiger partial charge in [-0.25, -0.2) is 0 Å². The van der Waals surface area contributed by atoms with Crippen LogP contribution in [0.2, 0.25) is 0 Å². The van der Waals surface area contributed by atoms with Crippen LogP contribution in [0.15, 0.2) is 16.6 Å². The lowest BCUT2D eigenvalue weighted by atomic mass is 10.0. The monoisotopic (exact) mass is 329 g/mol. The highest BCUT2D eigenvalue weighted by molar-refractivity contribution is 9.10. The van der Waals surface area contributed by atoms with Gasteiger partial charge >= 0.3 is 0 Å². The first-order valence-corrected chi connectivity index (χ1v) is 6.43. The molecule has 2 N–H and O–H groups in total. The number of anilines is 1. The predicted octanol–water partition coefficient (Wildman–Crippen LogP) is 2.60. The summed E-state index contributed by atoms with van der Waals surface area (Å²) < 4.78 is 0.607. The lowest BCUT2D eigenvalue weighted by Crippen LogP contribution is -2.47. The molecule has 1 rings (SSSR count). The molecule has 0 aliphatic carbocycles. The van der Waals surface area contributed by atoms with Gasteiger partial charge in [0.25, 0.3) is 5.69 Å². The van der Waals surface area contributed by atoms with E-state index in [0.29, 0.717) is 15.7 Å². The van der Waals surface area contributed by atoms with Crippen molar-refractivity contribution in [2.45, 2.75) is 26.3 Å². The molecule has 0 saturated carbocycles. The highest BCUT2D eigenvalue weighted by Gasteiger charge is 2.26. The summed E-state index contributed by atoms with van der Waals surface area (Å²) in [7, 11) is 1.67. The fourth-order valence-corrected chi connectivity index (χ4v) is 1.90. The normalized spacial score (nSPS) is 11.2. The van der Waals surface area contributed by atoms with Gasteiger partial charge in [-0.3, -0.25) is 14.9 Å². The van der Waals surface area contributed by atoms with Crippen molar-refractivity contribution in [3.05, 3.63) is 32.3 Å². The van der Waals surface area contributed by atoms with Crippen LogP contribution in [0.5, 0.6) is 0 Å². The molecule has 0 aliphatic heterocycles. The van der Waals surface area contributed by atoms with Gasteiger partial charge in [0.05, 0.1) is 16.1 Å². The van der Waals surface area contributed by atoms with Crippen LogP contribution in [0.3, 0.4) is 0 Å². The zero-order chi connectivity index (χ0) is 14.8. The average molecular weight is 330 g/mol. The minimum Gasteiger partial charge on any atom is -0.323 e. The highest BCUT2D eigenvalue weighted by atomic mass is 79.9. The van der Waals surface area contributed by atoms with Crippen molar-refractivity contribution in [2.24, 2.45) is 0 Å². The second-order valence-corrected chi connectivity index (χ2v) is 5.56. The van der Waals surface area contributed by atoms with E-state index in [2.05, 4.69) is 26.6 Å². The number of likely N-dealkylation sites (N-methyl/N-ethyl adjacent to an activating group) is 1. The summed E-state index contributed by atoms with van der Waals surface area (Å²) in [6, 6.07) is 2.96. The number of nitro groups is 1. The van der Waals surface area contributed by atoms with Crippen LogP contribution in [-0.2, 0) is 4.79 Å². The Bertz CT molecular complexity index is 529. The summed E-state index contributed by atoms with van der Waals surface area (Å²) >= 11 is 3.29. The molecule has 0 unspecified atom stereocenters. The number of carbonyl (C=O) groups is 1. The molecule has 104 valence electrons. The Hall–Kier alpha value is -1.47. The summed E-state index contributed by atoms with van der Waals surface area (Å²) in [6.45, 7) is 5.09. The summed E-state index contributed by atoms with van der Waals surface area (Å²) in [5.41, 5.74) is 0.119. The van der Waals surface area contributed by atoms with Gasteiger partial charge in [-0.05, 0) is 49.8 Å². The second-order valence-electron chi connectivity index (χ2n) is 4.70. The fourth-order valence-electron chi connectivity index (χ4n) is 1.35. The molecule has 1 aromatic rings. The second kappa shape index (κ2) is 5.66. The molecule has 1 amide bonds. The summed E-state index contributed by atoms with van der Waals surface area (Å²) in [5.74, 6) is -0.270. The lowest BCUT2D eigenvalue weighted by molar-refractivity contribution is -0.385. The Kier molecular flexibility index (Phi) is 4.65. The molecule has 0 spiro atoms. The van der Waals surface area contributed by atoms with Gasteiger partial charge in [-0.1, -0.05) is 0 Å². The van der Waals surface area contributed by atoms with Crippen LogP contribution in [0.1, 0.15) is 19.4 Å². The first kappa shape index (κ1) is 15.6. The summed E-state index contributed by atoms with van der Waals surface area (Å²) in [4.78, 5) is 22.4. The molecule has 19 heavy (non-hydrogen) atoms. The Morgan fingerprint density at radius 1 is 1.42 bits per heavy atom. The van der Waals surface area contributed by atoms with Crippen molar-refractivity contribution in [1.29, 1.82) is 0 Å². The topological polar surface area (TPSA) is 84.3 Å². The van der Waals surface area contributed by atoms with E-state index in [4.69, 9.17) is 0 Å². The number of hydrogen-bond donors (Lipinski definition) is 2. The summed E-state index contributed by atoms with van der Waals surface area (Å²) in [5, 5.41) is 16.4. The van der Waals surface area contributed by atoms with E-state index >= 15 is 0 Å². The third-order valence-corrected chi connectivity index (χ3v) is 3.58. The Labute approximate surface area is 119 Å². The third kappa shape index (κ3) is 3.51. The van der Waals surface area contributed by atoms with Crippen molar-refractivity contribution in [2.75, 3.05) is 12.4 Å². The van der Waals surface area contributed by atoms with Crippen LogP contribution >= 0.6 is 15.9 Å². The van der Waals surface area contributed by atoms with E-state index in [1.807, 2.05) is 0 Å². The van der Waals surface area contributed by atoms with Gasteiger partial charge in [0.1, 0.15) is 0 Å². The molecule has 6 nitrogen and oxygen atoms in total. The molecular weight excluding hydrogens is 314 g/mol. The zero-order valence-corrected chi connectivity index (χ0v) is 12.8. The molecule has 1 aromatic carbocycles. The van der Waals surface area contributed by atoms with Crippen molar-refractivity contribution in [3.63, 3.8) is 0 Å². The maximum atomic E-state index is 12.0. The molecule has 7 heteroatoms. The van der Waals surface area contributed by atoms with Gasteiger partial charge in [-0.15, -0.1) is 0 Å². The van der Waals surface area contributed by atoms with Gasteiger partial charge in [-0.2, -0.15) is 0 Å². The standard InChI is InChI=1S/C12H16BrN3O3/c1-7-5-8(13)9(6-10(7)16(18)19)15-11(17)12(2,3)14-4/h5-6,14H,1-4H3,(H,15,17). The number of halogens is 1. The summed E-state index contributed by atoms with van der Waals surface area (Å²) in [6.07, 6.45) is 0. The number of nitro benzene ring substituents is 1. The number of hydrogen-bond acceptors (Lipinski definition) is 4. The number of benzene rings is 1. The predicted molar refractivity (Wildman–Crippen MR) is 77.3 cm³/mol. The molecule has 0 fully saturated rings. The van der Waals surface area contributed by atoms with Crippen LogP contribution in [0.25, 0.3) is 0 Å². The lowest BCUT2D eigenvalue weighted by Gasteiger charge is -2.23. The van der Waals surface area contributed by atoms with Gasteiger partial charge < -0.3 is 10.6 Å². The van der Waals surface area contributed by atoms with Crippen molar-refractivity contribution >= 4 is 33.2 Å². The maximum absolute atomic E-state index is 12.0. The molecule has 0 bridgehead atoms. The van der Waals surface area contributed by atoms with Gasteiger partial charge in [0.2, 0.25) is 5.91 Å². The van der Waals surface area contributed by atoms with E-state index in [0.717, 1.165) is 0 Å². The molecule has 0 radical (unpaired) electrons. The quantitative estimate of drug-likeness (QED) is 0.656. The molecule has 0 aromatic heterocycles. The minimum absolute atomic E-state index is 0.0271. The maximum Gasteiger partial charge on any atom is 0.274 e. The van der Waals surface area contributed by atoms with Gasteiger partial charge in [0, 0.05) is 16.1 Å². The zero-order valence-electron chi connectivity index (χ0n) is 11.2. The largest absolute Gasteiger partial charge is 0.323 e. The Morgan fingerprint density at radius 2 is 2.00 bits per heavy atom. The van der Waals surface area contributed by atoms with E-state index in [-0.39, 0.29) is 11.6 Å². The highest BCUT2D eigenvalue weighted by Crippen LogP contribution is 2.31. The van der Waals surface area contributed by atoms with Crippen molar-refractivity contribution in [3.8, 4) is 0 Å². The molecule has 0 heterocycles. The Morgan fingerprint density at radius 3 is 2.47 bits per heavy atom. The number of nitrogens with zero attached hydrogens (tertiary/aromatic N) is 1. The first-order valence-electron chi connectivity index (χ1n) is 5.64. The van der Waals surface area contributed by atoms with Gasteiger partial charge in [0.15, 0.2) is 0 Å². The van der Waals surface area contributed by atoms with E-state index in [1.165, 1.54) is 6.07 Å². The number of amides is 1. The smallest absolute Gasteiger partial charge is 0.274 e. The molecule has 0 aliphatic rings. The first-order chi connectivity index (χ1) is 8.69.